The van der Waals surface area contributed by atoms with Gasteiger partial charge in [0, 0.05) is 31.7 Å². The second-order valence-corrected chi connectivity index (χ2v) is 6.32. The lowest BCUT2D eigenvalue weighted by Gasteiger charge is -2.24. The van der Waals surface area contributed by atoms with E-state index in [1.807, 2.05) is 6.07 Å². The van der Waals surface area contributed by atoms with Gasteiger partial charge in [0.1, 0.15) is 0 Å². The third-order valence-corrected chi connectivity index (χ3v) is 4.06. The fourth-order valence-corrected chi connectivity index (χ4v) is 2.73. The molecule has 0 bridgehead atoms. The Labute approximate surface area is 127 Å². The zero-order valence-corrected chi connectivity index (χ0v) is 13.3. The molecular weight excluding hydrogens is 262 g/mol. The summed E-state index contributed by atoms with van der Waals surface area (Å²) in [5, 5.41) is 5.99. The van der Waals surface area contributed by atoms with Crippen molar-refractivity contribution in [2.24, 2.45) is 5.92 Å². The second-order valence-electron chi connectivity index (χ2n) is 6.32. The molecule has 2 amide bonds. The number of carbonyl (C=O) groups is 1. The highest BCUT2D eigenvalue weighted by Crippen LogP contribution is 2.24. The Balaban J connectivity index is 1.79. The van der Waals surface area contributed by atoms with Gasteiger partial charge in [-0.2, -0.15) is 0 Å². The van der Waals surface area contributed by atoms with Gasteiger partial charge in [0.2, 0.25) is 0 Å². The van der Waals surface area contributed by atoms with Crippen LogP contribution < -0.4 is 10.6 Å². The molecule has 4 heteroatoms. The molecule has 1 fully saturated rings. The summed E-state index contributed by atoms with van der Waals surface area (Å²) in [6, 6.07) is 11.2. The van der Waals surface area contributed by atoms with Crippen LogP contribution in [0.15, 0.2) is 30.3 Å². The van der Waals surface area contributed by atoms with Crippen LogP contribution in [0.4, 0.5) is 4.79 Å². The first-order valence-corrected chi connectivity index (χ1v) is 7.89. The van der Waals surface area contributed by atoms with E-state index in [1.54, 1.807) is 0 Å². The van der Waals surface area contributed by atoms with Gasteiger partial charge in [0.25, 0.3) is 0 Å². The van der Waals surface area contributed by atoms with Crippen LogP contribution in [0.2, 0.25) is 0 Å². The fourth-order valence-electron chi connectivity index (χ4n) is 2.73. The van der Waals surface area contributed by atoms with Gasteiger partial charge < -0.3 is 10.6 Å². The van der Waals surface area contributed by atoms with Crippen molar-refractivity contribution in [3.63, 3.8) is 0 Å². The Morgan fingerprint density at radius 3 is 2.67 bits per heavy atom. The van der Waals surface area contributed by atoms with E-state index < -0.39 is 0 Å². The highest BCUT2D eigenvalue weighted by atomic mass is 16.2. The average molecular weight is 289 g/mol. The summed E-state index contributed by atoms with van der Waals surface area (Å²) in [5.74, 6) is 0.480. The Hall–Kier alpha value is -1.55. The Bertz CT molecular complexity index is 447. The molecule has 21 heavy (non-hydrogen) atoms. The summed E-state index contributed by atoms with van der Waals surface area (Å²) in [6.45, 7) is 9.10. The lowest BCUT2D eigenvalue weighted by molar-refractivity contribution is 0.231. The first kappa shape index (κ1) is 15.8. The number of carbonyl (C=O) groups excluding carboxylic acids is 1. The van der Waals surface area contributed by atoms with Crippen LogP contribution in [0.25, 0.3) is 0 Å². The van der Waals surface area contributed by atoms with Crippen molar-refractivity contribution >= 4 is 6.03 Å². The molecule has 1 heterocycles. The van der Waals surface area contributed by atoms with E-state index in [9.17, 15) is 4.79 Å². The minimum atomic E-state index is -0.0390. The van der Waals surface area contributed by atoms with E-state index in [2.05, 4.69) is 60.6 Å². The minimum absolute atomic E-state index is 0.0390. The van der Waals surface area contributed by atoms with Gasteiger partial charge in [-0.25, -0.2) is 4.79 Å². The van der Waals surface area contributed by atoms with Crippen LogP contribution in [0.1, 0.15) is 38.8 Å². The number of nitrogens with zero attached hydrogens (tertiary/aromatic N) is 1. The number of amides is 2. The number of likely N-dealkylation sites (tertiary alicyclic amines) is 1. The molecule has 0 saturated carbocycles. The van der Waals surface area contributed by atoms with Gasteiger partial charge in [0.15, 0.2) is 0 Å². The first-order valence-electron chi connectivity index (χ1n) is 7.89. The van der Waals surface area contributed by atoms with E-state index in [0.717, 1.165) is 26.1 Å². The van der Waals surface area contributed by atoms with E-state index in [0.29, 0.717) is 12.0 Å². The van der Waals surface area contributed by atoms with Crippen LogP contribution in [0, 0.1) is 5.92 Å². The van der Waals surface area contributed by atoms with Gasteiger partial charge in [-0.3, -0.25) is 4.90 Å². The van der Waals surface area contributed by atoms with Crippen LogP contribution in [-0.2, 0) is 0 Å². The van der Waals surface area contributed by atoms with Crippen LogP contribution in [-0.4, -0.2) is 36.6 Å². The molecular formula is C17H27N3O. The van der Waals surface area contributed by atoms with E-state index in [1.165, 1.54) is 5.56 Å². The van der Waals surface area contributed by atoms with Crippen molar-refractivity contribution in [1.82, 2.24) is 15.5 Å². The third-order valence-electron chi connectivity index (χ3n) is 4.06. The summed E-state index contributed by atoms with van der Waals surface area (Å²) < 4.78 is 0. The van der Waals surface area contributed by atoms with Crippen LogP contribution in [0.3, 0.4) is 0 Å². The molecule has 1 aromatic rings. The molecule has 116 valence electrons. The van der Waals surface area contributed by atoms with Gasteiger partial charge in [-0.1, -0.05) is 44.2 Å². The molecule has 2 N–H and O–H groups in total. The lowest BCUT2D eigenvalue weighted by atomic mass is 10.1. The normalized spacial score (nSPS) is 20.5. The monoisotopic (exact) mass is 289 g/mol. The number of urea groups is 1. The maximum absolute atomic E-state index is 11.8. The standard InChI is InChI=1S/C17H27N3O/c1-13(2)11-18-17(21)19-16-9-10-20(12-16)14(3)15-7-5-4-6-8-15/h4-8,13-14,16H,9-12H2,1-3H3,(H2,18,19,21). The highest BCUT2D eigenvalue weighted by Gasteiger charge is 2.27. The Morgan fingerprint density at radius 1 is 1.29 bits per heavy atom. The number of rotatable bonds is 5. The molecule has 0 spiro atoms. The Kier molecular flexibility index (Phi) is 5.62. The molecule has 0 aliphatic carbocycles. The summed E-state index contributed by atoms with van der Waals surface area (Å²) in [7, 11) is 0. The van der Waals surface area contributed by atoms with E-state index >= 15 is 0 Å². The molecule has 1 saturated heterocycles. The van der Waals surface area contributed by atoms with Crippen molar-refractivity contribution in [2.45, 2.75) is 39.3 Å². The van der Waals surface area contributed by atoms with E-state index in [4.69, 9.17) is 0 Å². The SMILES string of the molecule is CC(C)CNC(=O)NC1CCN(C(C)c2ccccc2)C1. The maximum atomic E-state index is 11.8. The maximum Gasteiger partial charge on any atom is 0.315 e. The first-order chi connectivity index (χ1) is 10.1. The average Bonchev–Trinajstić information content (AvgIpc) is 2.93. The number of hydrogen-bond acceptors (Lipinski definition) is 2. The zero-order chi connectivity index (χ0) is 15.2. The molecule has 0 aromatic heterocycles. The Morgan fingerprint density at radius 2 is 2.00 bits per heavy atom. The van der Waals surface area contributed by atoms with Crippen molar-refractivity contribution in [3.8, 4) is 0 Å². The van der Waals surface area contributed by atoms with Gasteiger partial charge in [0.05, 0.1) is 0 Å². The molecule has 2 rings (SSSR count). The van der Waals surface area contributed by atoms with E-state index in [-0.39, 0.29) is 12.1 Å². The van der Waals surface area contributed by atoms with Crippen molar-refractivity contribution in [2.75, 3.05) is 19.6 Å². The van der Waals surface area contributed by atoms with Gasteiger partial charge in [-0.05, 0) is 24.8 Å². The van der Waals surface area contributed by atoms with Gasteiger partial charge in [-0.15, -0.1) is 0 Å². The number of nitrogens with one attached hydrogen (secondary N) is 2. The zero-order valence-electron chi connectivity index (χ0n) is 13.3. The fraction of sp³-hybridized carbons (Fsp3) is 0.588. The van der Waals surface area contributed by atoms with Crippen molar-refractivity contribution < 1.29 is 4.79 Å². The predicted octanol–water partition coefficient (Wildman–Crippen LogP) is 2.78. The third kappa shape index (κ3) is 4.74. The summed E-state index contributed by atoms with van der Waals surface area (Å²) in [6.07, 6.45) is 1.02. The summed E-state index contributed by atoms with van der Waals surface area (Å²) in [5.41, 5.74) is 1.34. The quantitative estimate of drug-likeness (QED) is 0.875. The molecule has 1 aliphatic heterocycles. The molecule has 4 nitrogen and oxygen atoms in total. The minimum Gasteiger partial charge on any atom is -0.338 e. The largest absolute Gasteiger partial charge is 0.338 e. The predicted molar refractivity (Wildman–Crippen MR) is 86.2 cm³/mol. The molecule has 2 unspecified atom stereocenters. The summed E-state index contributed by atoms with van der Waals surface area (Å²) >= 11 is 0. The highest BCUT2D eigenvalue weighted by molar-refractivity contribution is 5.74. The summed E-state index contributed by atoms with van der Waals surface area (Å²) in [4.78, 5) is 14.2. The second kappa shape index (κ2) is 7.46. The molecule has 1 aliphatic rings. The molecule has 0 radical (unpaired) electrons. The van der Waals surface area contributed by atoms with Crippen LogP contribution >= 0.6 is 0 Å². The number of benzene rings is 1. The number of hydrogen-bond donors (Lipinski definition) is 2. The topological polar surface area (TPSA) is 44.4 Å². The van der Waals surface area contributed by atoms with Gasteiger partial charge >= 0.3 is 6.03 Å². The van der Waals surface area contributed by atoms with Crippen molar-refractivity contribution in [3.05, 3.63) is 35.9 Å². The molecule has 1 aromatic carbocycles. The smallest absolute Gasteiger partial charge is 0.315 e. The molecule has 2 atom stereocenters. The van der Waals surface area contributed by atoms with Crippen LogP contribution in [0.5, 0.6) is 0 Å². The lowest BCUT2D eigenvalue weighted by Crippen LogP contribution is -2.44. The van der Waals surface area contributed by atoms with Crippen molar-refractivity contribution in [1.29, 1.82) is 0 Å².